The van der Waals surface area contributed by atoms with E-state index in [2.05, 4.69) is 16.0 Å². The smallest absolute Gasteiger partial charge is 0.247 e. The van der Waals surface area contributed by atoms with E-state index in [0.29, 0.717) is 11.1 Å². The van der Waals surface area contributed by atoms with E-state index in [9.17, 15) is 14.0 Å². The molecule has 0 spiro atoms. The lowest BCUT2D eigenvalue weighted by molar-refractivity contribution is -0.123. The number of halogens is 1. The average Bonchev–Trinajstić information content (AvgIpc) is 2.68. The van der Waals surface area contributed by atoms with Crippen LogP contribution in [0.2, 0.25) is 0 Å². The molecule has 0 unspecified atom stereocenters. The lowest BCUT2D eigenvalue weighted by Gasteiger charge is -2.16. The number of carbonyl (C=O) groups excluding carboxylic acids is 2. The molecule has 0 heterocycles. The number of aryl methyl sites for hydroxylation is 2. The van der Waals surface area contributed by atoms with Crippen molar-refractivity contribution >= 4 is 23.6 Å². The molecule has 0 radical (unpaired) electrons. The molecule has 0 aliphatic heterocycles. The van der Waals surface area contributed by atoms with Gasteiger partial charge in [-0.15, -0.1) is 0 Å². The fraction of sp³-hybridized carbons (Fsp3) is 0.429. The second-order valence-corrected chi connectivity index (χ2v) is 9.71. The second-order valence-electron chi connectivity index (χ2n) is 9.71. The molecule has 2 aromatic carbocycles. The van der Waals surface area contributed by atoms with Crippen LogP contribution in [0.15, 0.2) is 35.9 Å². The van der Waals surface area contributed by atoms with E-state index in [-0.39, 0.29) is 42.2 Å². The van der Waals surface area contributed by atoms with Gasteiger partial charge in [-0.05, 0) is 102 Å². The number of nitrogens with one attached hydrogen (secondary N) is 3. The summed E-state index contributed by atoms with van der Waals surface area (Å²) in [5.74, 6) is -0.767. The molecule has 34 heavy (non-hydrogen) atoms. The van der Waals surface area contributed by atoms with E-state index < -0.39 is 0 Å². The number of anilines is 1. The fourth-order valence-corrected chi connectivity index (χ4v) is 3.73. The maximum atomic E-state index is 14.9. The van der Waals surface area contributed by atoms with Crippen molar-refractivity contribution in [3.63, 3.8) is 0 Å². The van der Waals surface area contributed by atoms with Gasteiger partial charge in [0.15, 0.2) is 0 Å². The number of hydrogen-bond acceptors (Lipinski definition) is 3. The van der Waals surface area contributed by atoms with Crippen LogP contribution in [0.25, 0.3) is 17.2 Å². The topological polar surface area (TPSA) is 70.2 Å². The zero-order valence-electron chi connectivity index (χ0n) is 21.6. The Labute approximate surface area is 203 Å². The highest BCUT2D eigenvalue weighted by Crippen LogP contribution is 2.31. The Hall–Kier alpha value is -3.15. The molecule has 2 amide bonds. The Morgan fingerprint density at radius 3 is 2.06 bits per heavy atom. The molecule has 6 heteroatoms. The van der Waals surface area contributed by atoms with Gasteiger partial charge in [0.2, 0.25) is 11.8 Å². The lowest BCUT2D eigenvalue weighted by atomic mass is 9.93. The Kier molecular flexibility index (Phi) is 9.42. The Morgan fingerprint density at radius 1 is 0.853 bits per heavy atom. The standard InChI is InChI=1S/C28H38FN3O2/c1-16(2)30-23-9-10-24(26(29)15-23)25-12-19(7)21(11-20(25)8)13-22(28(34)32-18(5)6)14-27(33)31-17(3)4/h9-13,15-18,30H,14H2,1-8H3,(H,31,33)(H,32,34)/b22-13+. The predicted molar refractivity (Wildman–Crippen MR) is 139 cm³/mol. The third-order valence-electron chi connectivity index (χ3n) is 5.17. The quantitative estimate of drug-likeness (QED) is 0.411. The zero-order valence-corrected chi connectivity index (χ0v) is 21.6. The van der Waals surface area contributed by atoms with E-state index >= 15 is 0 Å². The summed E-state index contributed by atoms with van der Waals surface area (Å²) in [4.78, 5) is 25.2. The molecule has 3 N–H and O–H groups in total. The predicted octanol–water partition coefficient (Wildman–Crippen LogP) is 5.75. The van der Waals surface area contributed by atoms with Crippen LogP contribution in [-0.4, -0.2) is 29.9 Å². The van der Waals surface area contributed by atoms with E-state index in [1.54, 1.807) is 12.1 Å². The van der Waals surface area contributed by atoms with Gasteiger partial charge in [0.05, 0.1) is 6.42 Å². The Bertz CT molecular complexity index is 1070. The minimum absolute atomic E-state index is 0.0119. The van der Waals surface area contributed by atoms with Gasteiger partial charge in [0.25, 0.3) is 0 Å². The molecular formula is C28H38FN3O2. The van der Waals surface area contributed by atoms with Crippen LogP contribution in [0.4, 0.5) is 10.1 Å². The van der Waals surface area contributed by atoms with Crippen LogP contribution in [0.3, 0.4) is 0 Å². The second kappa shape index (κ2) is 11.8. The molecule has 0 atom stereocenters. The summed E-state index contributed by atoms with van der Waals surface area (Å²) in [6, 6.07) is 9.20. The average molecular weight is 468 g/mol. The Balaban J connectivity index is 2.45. The van der Waals surface area contributed by atoms with Crippen molar-refractivity contribution in [2.45, 2.75) is 79.9 Å². The summed E-state index contributed by atoms with van der Waals surface area (Å²) in [5.41, 5.74) is 5.06. The van der Waals surface area contributed by atoms with Crippen LogP contribution < -0.4 is 16.0 Å². The van der Waals surface area contributed by atoms with Crippen LogP contribution >= 0.6 is 0 Å². The van der Waals surface area contributed by atoms with Crippen molar-refractivity contribution in [3.05, 3.63) is 58.4 Å². The third kappa shape index (κ3) is 7.72. The maximum Gasteiger partial charge on any atom is 0.247 e. The van der Waals surface area contributed by atoms with Crippen molar-refractivity contribution in [2.24, 2.45) is 0 Å². The van der Waals surface area contributed by atoms with Gasteiger partial charge < -0.3 is 16.0 Å². The minimum atomic E-state index is -0.293. The summed E-state index contributed by atoms with van der Waals surface area (Å²) >= 11 is 0. The monoisotopic (exact) mass is 467 g/mol. The minimum Gasteiger partial charge on any atom is -0.383 e. The van der Waals surface area contributed by atoms with E-state index in [1.165, 1.54) is 6.07 Å². The van der Waals surface area contributed by atoms with Crippen LogP contribution in [0.1, 0.15) is 64.7 Å². The highest BCUT2D eigenvalue weighted by atomic mass is 19.1. The highest BCUT2D eigenvalue weighted by Gasteiger charge is 2.17. The largest absolute Gasteiger partial charge is 0.383 e. The van der Waals surface area contributed by atoms with Gasteiger partial charge in [-0.2, -0.15) is 0 Å². The van der Waals surface area contributed by atoms with Gasteiger partial charge in [-0.1, -0.05) is 12.1 Å². The van der Waals surface area contributed by atoms with E-state index in [1.807, 2.05) is 73.6 Å². The van der Waals surface area contributed by atoms with Crippen molar-refractivity contribution in [2.75, 3.05) is 5.32 Å². The SMILES string of the molecule is Cc1cc(-c2ccc(NC(C)C)cc2F)c(C)cc1/C=C(\CC(=O)NC(C)C)C(=O)NC(C)C. The maximum absolute atomic E-state index is 14.9. The van der Waals surface area contributed by atoms with Gasteiger partial charge in [0, 0.05) is 34.9 Å². The molecule has 184 valence electrons. The fourth-order valence-electron chi connectivity index (χ4n) is 3.73. The molecular weight excluding hydrogens is 429 g/mol. The first-order chi connectivity index (χ1) is 15.9. The summed E-state index contributed by atoms with van der Waals surface area (Å²) < 4.78 is 14.9. The summed E-state index contributed by atoms with van der Waals surface area (Å²) in [6.07, 6.45) is 1.74. The summed E-state index contributed by atoms with van der Waals surface area (Å²) in [6.45, 7) is 15.4. The zero-order chi connectivity index (χ0) is 25.6. The number of amides is 2. The first-order valence-corrected chi connectivity index (χ1v) is 11.9. The number of hydrogen-bond donors (Lipinski definition) is 3. The normalized spacial score (nSPS) is 11.8. The van der Waals surface area contributed by atoms with Crippen molar-refractivity contribution in [1.82, 2.24) is 10.6 Å². The van der Waals surface area contributed by atoms with Crippen molar-refractivity contribution in [1.29, 1.82) is 0 Å². The molecule has 2 rings (SSSR count). The Morgan fingerprint density at radius 2 is 1.50 bits per heavy atom. The molecule has 0 aliphatic carbocycles. The van der Waals surface area contributed by atoms with Gasteiger partial charge in [0.1, 0.15) is 5.82 Å². The molecule has 0 aromatic heterocycles. The lowest BCUT2D eigenvalue weighted by Crippen LogP contribution is -2.35. The summed E-state index contributed by atoms with van der Waals surface area (Å²) in [7, 11) is 0. The highest BCUT2D eigenvalue weighted by molar-refractivity contribution is 6.02. The van der Waals surface area contributed by atoms with Gasteiger partial charge in [-0.3, -0.25) is 9.59 Å². The number of carbonyl (C=O) groups is 2. The molecule has 2 aromatic rings. The summed E-state index contributed by atoms with van der Waals surface area (Å²) in [5, 5.41) is 8.93. The molecule has 0 bridgehead atoms. The van der Waals surface area contributed by atoms with E-state index in [0.717, 1.165) is 27.9 Å². The first kappa shape index (κ1) is 27.1. The van der Waals surface area contributed by atoms with Gasteiger partial charge in [-0.25, -0.2) is 4.39 Å². The van der Waals surface area contributed by atoms with Crippen LogP contribution in [-0.2, 0) is 9.59 Å². The number of benzene rings is 2. The number of rotatable bonds is 9. The molecule has 0 fully saturated rings. The van der Waals surface area contributed by atoms with Gasteiger partial charge >= 0.3 is 0 Å². The van der Waals surface area contributed by atoms with Crippen molar-refractivity contribution in [3.8, 4) is 11.1 Å². The molecule has 0 aliphatic rings. The van der Waals surface area contributed by atoms with Crippen molar-refractivity contribution < 1.29 is 14.0 Å². The molecule has 0 saturated heterocycles. The van der Waals surface area contributed by atoms with E-state index in [4.69, 9.17) is 0 Å². The molecule has 0 saturated carbocycles. The first-order valence-electron chi connectivity index (χ1n) is 11.9. The van der Waals surface area contributed by atoms with Crippen LogP contribution in [0.5, 0.6) is 0 Å². The van der Waals surface area contributed by atoms with Crippen LogP contribution in [0, 0.1) is 19.7 Å². The third-order valence-corrected chi connectivity index (χ3v) is 5.17. The molecule has 5 nitrogen and oxygen atoms in total.